The Morgan fingerprint density at radius 3 is 2.62 bits per heavy atom. The van der Waals surface area contributed by atoms with Crippen molar-refractivity contribution in [1.82, 2.24) is 0 Å². The summed E-state index contributed by atoms with van der Waals surface area (Å²) in [5.74, 6) is -0.318. The molecule has 0 aliphatic heterocycles. The summed E-state index contributed by atoms with van der Waals surface area (Å²) in [4.78, 5) is 0. The van der Waals surface area contributed by atoms with E-state index in [0.29, 0.717) is 0 Å². The molecule has 0 saturated heterocycles. The van der Waals surface area contributed by atoms with Gasteiger partial charge in [0.25, 0.3) is 0 Å². The van der Waals surface area contributed by atoms with Crippen LogP contribution in [0.1, 0.15) is 36.0 Å². The van der Waals surface area contributed by atoms with Crippen LogP contribution >= 0.6 is 11.6 Å². The van der Waals surface area contributed by atoms with Gasteiger partial charge < -0.3 is 5.73 Å². The van der Waals surface area contributed by atoms with Crippen LogP contribution in [-0.4, -0.2) is 5.54 Å². The molecular weight excluding hydrogens is 225 g/mol. The highest BCUT2D eigenvalue weighted by molar-refractivity contribution is 6.31. The molecular formula is C13H17ClFN. The van der Waals surface area contributed by atoms with E-state index in [1.165, 1.54) is 6.07 Å². The SMILES string of the molecule is Cc1cc(F)c(Cl)c(CCC2(N)CC2)c1C. The molecule has 0 amide bonds. The molecule has 0 atom stereocenters. The number of rotatable bonds is 3. The first kappa shape index (κ1) is 11.9. The van der Waals surface area contributed by atoms with Crippen LogP contribution in [0, 0.1) is 19.7 Å². The molecule has 16 heavy (non-hydrogen) atoms. The highest BCUT2D eigenvalue weighted by Crippen LogP contribution is 2.38. The predicted octanol–water partition coefficient (Wildman–Crippen LogP) is 3.52. The molecule has 0 radical (unpaired) electrons. The van der Waals surface area contributed by atoms with E-state index in [9.17, 15) is 4.39 Å². The molecule has 0 spiro atoms. The third-order valence-electron chi connectivity index (χ3n) is 3.63. The van der Waals surface area contributed by atoms with Gasteiger partial charge in [-0.25, -0.2) is 4.39 Å². The summed E-state index contributed by atoms with van der Waals surface area (Å²) in [5.41, 5.74) is 9.01. The summed E-state index contributed by atoms with van der Waals surface area (Å²) in [7, 11) is 0. The van der Waals surface area contributed by atoms with Crippen molar-refractivity contribution in [2.24, 2.45) is 5.73 Å². The van der Waals surface area contributed by atoms with Crippen molar-refractivity contribution in [1.29, 1.82) is 0 Å². The van der Waals surface area contributed by atoms with Crippen LogP contribution in [0.2, 0.25) is 5.02 Å². The molecule has 1 nitrogen and oxygen atoms in total. The second-order valence-corrected chi connectivity index (χ2v) is 5.33. The Morgan fingerprint density at radius 2 is 2.06 bits per heavy atom. The van der Waals surface area contributed by atoms with Gasteiger partial charge in [-0.05, 0) is 62.3 Å². The zero-order valence-corrected chi connectivity index (χ0v) is 10.5. The number of hydrogen-bond acceptors (Lipinski definition) is 1. The highest BCUT2D eigenvalue weighted by atomic mass is 35.5. The molecule has 1 aromatic carbocycles. The molecule has 1 saturated carbocycles. The van der Waals surface area contributed by atoms with Crippen molar-refractivity contribution in [2.45, 2.75) is 45.1 Å². The summed E-state index contributed by atoms with van der Waals surface area (Å²) in [6, 6.07) is 1.50. The summed E-state index contributed by atoms with van der Waals surface area (Å²) < 4.78 is 13.5. The van der Waals surface area contributed by atoms with E-state index in [1.54, 1.807) is 0 Å². The molecule has 88 valence electrons. The lowest BCUT2D eigenvalue weighted by Crippen LogP contribution is -2.22. The lowest BCUT2D eigenvalue weighted by atomic mass is 9.97. The maximum atomic E-state index is 13.5. The minimum Gasteiger partial charge on any atom is -0.325 e. The van der Waals surface area contributed by atoms with Crippen LogP contribution < -0.4 is 5.73 Å². The van der Waals surface area contributed by atoms with Gasteiger partial charge >= 0.3 is 0 Å². The Bertz CT molecular complexity index is 398. The molecule has 2 N–H and O–H groups in total. The average Bonchev–Trinajstić information content (AvgIpc) is 2.94. The molecule has 1 aliphatic carbocycles. The number of hydrogen-bond donors (Lipinski definition) is 1. The first-order chi connectivity index (χ1) is 7.43. The van der Waals surface area contributed by atoms with Gasteiger partial charge in [-0.2, -0.15) is 0 Å². The second-order valence-electron chi connectivity index (χ2n) is 4.96. The number of aryl methyl sites for hydroxylation is 1. The maximum absolute atomic E-state index is 13.5. The molecule has 0 bridgehead atoms. The Labute approximate surface area is 101 Å². The fraction of sp³-hybridized carbons (Fsp3) is 0.538. The van der Waals surface area contributed by atoms with Crippen molar-refractivity contribution < 1.29 is 4.39 Å². The van der Waals surface area contributed by atoms with Crippen LogP contribution in [0.5, 0.6) is 0 Å². The van der Waals surface area contributed by atoms with Crippen LogP contribution in [0.15, 0.2) is 6.07 Å². The maximum Gasteiger partial charge on any atom is 0.142 e. The molecule has 0 aromatic heterocycles. The monoisotopic (exact) mass is 241 g/mol. The average molecular weight is 242 g/mol. The molecule has 0 heterocycles. The van der Waals surface area contributed by atoms with Gasteiger partial charge in [-0.1, -0.05) is 11.6 Å². The highest BCUT2D eigenvalue weighted by Gasteiger charge is 2.37. The fourth-order valence-electron chi connectivity index (χ4n) is 1.99. The minimum atomic E-state index is -0.318. The summed E-state index contributed by atoms with van der Waals surface area (Å²) >= 11 is 6.00. The van der Waals surface area contributed by atoms with Crippen molar-refractivity contribution in [3.05, 3.63) is 33.6 Å². The fourth-order valence-corrected chi connectivity index (χ4v) is 2.28. The Kier molecular flexibility index (Phi) is 2.97. The van der Waals surface area contributed by atoms with Crippen LogP contribution in [0.3, 0.4) is 0 Å². The van der Waals surface area contributed by atoms with Crippen LogP contribution in [0.25, 0.3) is 0 Å². The summed E-state index contributed by atoms with van der Waals surface area (Å²) in [5, 5.41) is 0.271. The minimum absolute atomic E-state index is 0.00398. The number of benzene rings is 1. The van der Waals surface area contributed by atoms with Gasteiger partial charge in [0.15, 0.2) is 0 Å². The van der Waals surface area contributed by atoms with E-state index in [0.717, 1.165) is 42.4 Å². The lowest BCUT2D eigenvalue weighted by Gasteiger charge is -2.14. The van der Waals surface area contributed by atoms with Crippen molar-refractivity contribution in [3.8, 4) is 0 Å². The second kappa shape index (κ2) is 4.01. The zero-order chi connectivity index (χ0) is 11.9. The van der Waals surface area contributed by atoms with E-state index in [-0.39, 0.29) is 16.4 Å². The van der Waals surface area contributed by atoms with Gasteiger partial charge in [-0.3, -0.25) is 0 Å². The van der Waals surface area contributed by atoms with Crippen LogP contribution in [0.4, 0.5) is 4.39 Å². The molecule has 2 rings (SSSR count). The largest absolute Gasteiger partial charge is 0.325 e. The van der Waals surface area contributed by atoms with Crippen molar-refractivity contribution in [3.63, 3.8) is 0 Å². The first-order valence-electron chi connectivity index (χ1n) is 5.66. The molecule has 1 fully saturated rings. The Morgan fingerprint density at radius 1 is 1.44 bits per heavy atom. The molecule has 1 aromatic rings. The third kappa shape index (κ3) is 2.23. The van der Waals surface area contributed by atoms with Gasteiger partial charge in [0.2, 0.25) is 0 Å². The quantitative estimate of drug-likeness (QED) is 0.861. The standard InChI is InChI=1S/C13H17ClFN/c1-8-7-11(15)12(14)10(9(8)2)3-4-13(16)5-6-13/h7H,3-6,16H2,1-2H3. The summed E-state index contributed by atoms with van der Waals surface area (Å²) in [6.07, 6.45) is 3.84. The molecule has 1 aliphatic rings. The van der Waals surface area contributed by atoms with Gasteiger partial charge in [0, 0.05) is 5.54 Å². The van der Waals surface area contributed by atoms with Gasteiger partial charge in [-0.15, -0.1) is 0 Å². The van der Waals surface area contributed by atoms with E-state index in [1.807, 2.05) is 13.8 Å². The van der Waals surface area contributed by atoms with E-state index in [4.69, 9.17) is 17.3 Å². The van der Waals surface area contributed by atoms with E-state index < -0.39 is 0 Å². The van der Waals surface area contributed by atoms with E-state index in [2.05, 4.69) is 0 Å². The van der Waals surface area contributed by atoms with Crippen molar-refractivity contribution in [2.75, 3.05) is 0 Å². The van der Waals surface area contributed by atoms with E-state index >= 15 is 0 Å². The van der Waals surface area contributed by atoms with Crippen LogP contribution in [-0.2, 0) is 6.42 Å². The lowest BCUT2D eigenvalue weighted by molar-refractivity contribution is 0.597. The zero-order valence-electron chi connectivity index (χ0n) is 9.74. The third-order valence-corrected chi connectivity index (χ3v) is 4.04. The topological polar surface area (TPSA) is 26.0 Å². The van der Waals surface area contributed by atoms with Crippen molar-refractivity contribution >= 4 is 11.6 Å². The normalized spacial score (nSPS) is 17.6. The smallest absolute Gasteiger partial charge is 0.142 e. The Hall–Kier alpha value is -0.600. The molecule has 0 unspecified atom stereocenters. The van der Waals surface area contributed by atoms with Gasteiger partial charge in [0.05, 0.1) is 5.02 Å². The predicted molar refractivity (Wildman–Crippen MR) is 65.4 cm³/mol. The number of nitrogens with two attached hydrogens (primary N) is 1. The first-order valence-corrected chi connectivity index (χ1v) is 6.04. The summed E-state index contributed by atoms with van der Waals surface area (Å²) in [6.45, 7) is 3.90. The molecule has 3 heteroatoms. The Balaban J connectivity index is 2.24. The number of halogens is 2. The van der Waals surface area contributed by atoms with Gasteiger partial charge in [0.1, 0.15) is 5.82 Å².